The third-order valence-corrected chi connectivity index (χ3v) is 4.67. The Morgan fingerprint density at radius 1 is 1.33 bits per heavy atom. The minimum Gasteiger partial charge on any atom is -0.388 e. The molecule has 0 radical (unpaired) electrons. The van der Waals surface area contributed by atoms with Crippen LogP contribution in [0.25, 0.3) is 0 Å². The topological polar surface area (TPSA) is 58.2 Å². The van der Waals surface area contributed by atoms with Gasteiger partial charge in [-0.2, -0.15) is 0 Å². The Morgan fingerprint density at radius 3 is 2.41 bits per heavy atom. The maximum absolute atomic E-state index is 12.8. The molecule has 0 bridgehead atoms. The second kappa shape index (κ2) is 15.4. The van der Waals surface area contributed by atoms with Crippen LogP contribution in [0.2, 0.25) is 0 Å². The molecule has 1 aromatic carbocycles. The summed E-state index contributed by atoms with van der Waals surface area (Å²) in [6, 6.07) is 7.12. The minimum atomic E-state index is -1.39. The van der Waals surface area contributed by atoms with E-state index in [0.29, 0.717) is 30.0 Å². The summed E-state index contributed by atoms with van der Waals surface area (Å²) in [7, 11) is 5.78. The van der Waals surface area contributed by atoms with Gasteiger partial charge in [-0.05, 0) is 53.5 Å². The first kappa shape index (κ1) is 25.4. The van der Waals surface area contributed by atoms with Crippen LogP contribution in [0, 0.1) is 0 Å². The normalized spacial score (nSPS) is 18.2. The van der Waals surface area contributed by atoms with Crippen molar-refractivity contribution in [3.05, 3.63) is 59.6 Å². The van der Waals surface area contributed by atoms with Gasteiger partial charge >= 0.3 is 0 Å². The lowest BCUT2D eigenvalue weighted by atomic mass is 10.2. The monoisotopic (exact) mass is 434 g/mol. The molecule has 4 nitrogen and oxygen atoms in total. The van der Waals surface area contributed by atoms with Gasteiger partial charge in [0.1, 0.15) is 22.1 Å². The maximum atomic E-state index is 12.8. The molecule has 0 spiro atoms. The number of anilines is 1. The molecule has 0 amide bonds. The number of carbonyl (C=O) groups excluding carboxylic acids is 1. The van der Waals surface area contributed by atoms with Gasteiger partial charge in [0.2, 0.25) is 0 Å². The first-order valence-electron chi connectivity index (χ1n) is 8.30. The number of aldehydes is 1. The Morgan fingerprint density at radius 2 is 1.96 bits per heavy atom. The first-order chi connectivity index (χ1) is 12.8. The zero-order chi connectivity index (χ0) is 20.7. The van der Waals surface area contributed by atoms with E-state index in [4.69, 9.17) is 22.3 Å². The highest BCUT2D eigenvalue weighted by molar-refractivity contribution is 8.08. The Labute approximate surface area is 172 Å². The lowest BCUT2D eigenvalue weighted by Gasteiger charge is -2.08. The van der Waals surface area contributed by atoms with Gasteiger partial charge in [-0.1, -0.05) is 25.1 Å². The highest BCUT2D eigenvalue weighted by Crippen LogP contribution is 2.17. The molecule has 1 atom stereocenters. The second-order valence-electron chi connectivity index (χ2n) is 5.24. The molecule has 150 valence electrons. The average molecular weight is 435 g/mol. The standard InChI is InChI=1S/C8H9ClFN.C7H8ClNOS.C4H8O/c1-6-2-3-8(10)7(9)4-5-11-6;1-9-6-2-4-7(5-3-6)11(8)10;1-2-3-4-5/h2-3,11H,1,4-5H2;2-5,9H,1H3;4H,2-3H2,1H3/b3-2-,8-7-;;. The first-order valence-corrected chi connectivity index (χ1v) is 10.7. The summed E-state index contributed by atoms with van der Waals surface area (Å²) in [6.07, 6.45) is 6.01. The number of allylic oxidation sites excluding steroid dienone is 3. The van der Waals surface area contributed by atoms with Gasteiger partial charge in [0, 0.05) is 37.8 Å². The van der Waals surface area contributed by atoms with E-state index in [9.17, 15) is 13.4 Å². The van der Waals surface area contributed by atoms with Crippen molar-refractivity contribution >= 4 is 44.3 Å². The fraction of sp³-hybridized carbons (Fsp3) is 0.316. The van der Waals surface area contributed by atoms with Gasteiger partial charge in [0.25, 0.3) is 0 Å². The minimum absolute atomic E-state index is 0.265. The molecule has 1 aromatic rings. The Bertz CT molecular complexity index is 677. The van der Waals surface area contributed by atoms with E-state index in [2.05, 4.69) is 17.2 Å². The number of hydrogen-bond donors (Lipinski definition) is 2. The van der Waals surface area contributed by atoms with Crippen molar-refractivity contribution in [3.63, 3.8) is 0 Å². The van der Waals surface area contributed by atoms with Crippen LogP contribution in [0.5, 0.6) is 0 Å². The lowest BCUT2D eigenvalue weighted by Crippen LogP contribution is -2.13. The van der Waals surface area contributed by atoms with Crippen molar-refractivity contribution in [3.8, 4) is 0 Å². The Hall–Kier alpha value is -1.63. The number of benzene rings is 1. The summed E-state index contributed by atoms with van der Waals surface area (Å²) >= 11 is 5.58. The van der Waals surface area contributed by atoms with Gasteiger partial charge in [0.05, 0.1) is 9.93 Å². The van der Waals surface area contributed by atoms with Gasteiger partial charge < -0.3 is 15.4 Å². The van der Waals surface area contributed by atoms with Crippen LogP contribution in [-0.2, 0) is 14.8 Å². The van der Waals surface area contributed by atoms with Crippen LogP contribution < -0.4 is 10.6 Å². The summed E-state index contributed by atoms with van der Waals surface area (Å²) in [6.45, 7) is 6.26. The number of nitrogens with one attached hydrogen (secondary N) is 2. The molecule has 1 aliphatic rings. The van der Waals surface area contributed by atoms with Crippen LogP contribution >= 0.6 is 22.3 Å². The third-order valence-electron chi connectivity index (χ3n) is 3.12. The third kappa shape index (κ3) is 12.4. The molecule has 27 heavy (non-hydrogen) atoms. The quantitative estimate of drug-likeness (QED) is 0.488. The molecule has 2 N–H and O–H groups in total. The zero-order valence-corrected chi connectivity index (χ0v) is 17.8. The zero-order valence-electron chi connectivity index (χ0n) is 15.4. The highest BCUT2D eigenvalue weighted by Gasteiger charge is 2.03. The molecule has 0 aromatic heterocycles. The molecule has 0 saturated heterocycles. The summed E-state index contributed by atoms with van der Waals surface area (Å²) < 4.78 is 23.5. The predicted octanol–water partition coefficient (Wildman–Crippen LogP) is 5.44. The second-order valence-corrected chi connectivity index (χ2v) is 7.46. The van der Waals surface area contributed by atoms with E-state index in [1.807, 2.05) is 26.1 Å². The highest BCUT2D eigenvalue weighted by atomic mass is 35.7. The molecule has 1 unspecified atom stereocenters. The van der Waals surface area contributed by atoms with Crippen LogP contribution in [0.1, 0.15) is 26.2 Å². The van der Waals surface area contributed by atoms with E-state index in [1.54, 1.807) is 18.2 Å². The van der Waals surface area contributed by atoms with Crippen molar-refractivity contribution < 1.29 is 13.4 Å². The van der Waals surface area contributed by atoms with Crippen molar-refractivity contribution in [2.24, 2.45) is 0 Å². The average Bonchev–Trinajstić information content (AvgIpc) is 2.66. The van der Waals surface area contributed by atoms with Crippen molar-refractivity contribution in [1.29, 1.82) is 0 Å². The van der Waals surface area contributed by atoms with Gasteiger partial charge in [-0.25, -0.2) is 8.60 Å². The molecule has 0 fully saturated rings. The van der Waals surface area contributed by atoms with Gasteiger partial charge in [0.15, 0.2) is 0 Å². The molecular weight excluding hydrogens is 410 g/mol. The number of unbranched alkanes of at least 4 members (excludes halogenated alkanes) is 1. The van der Waals surface area contributed by atoms with Crippen molar-refractivity contribution in [2.75, 3.05) is 18.9 Å². The molecule has 8 heteroatoms. The van der Waals surface area contributed by atoms with Gasteiger partial charge in [-0.15, -0.1) is 0 Å². The van der Waals surface area contributed by atoms with E-state index < -0.39 is 10.0 Å². The summed E-state index contributed by atoms with van der Waals surface area (Å²) in [4.78, 5) is 10.0. The summed E-state index contributed by atoms with van der Waals surface area (Å²) in [5, 5.41) is 6.18. The predicted molar refractivity (Wildman–Crippen MR) is 114 cm³/mol. The van der Waals surface area contributed by atoms with Crippen molar-refractivity contribution in [2.45, 2.75) is 31.1 Å². The van der Waals surface area contributed by atoms with E-state index in [-0.39, 0.29) is 10.9 Å². The van der Waals surface area contributed by atoms with E-state index >= 15 is 0 Å². The number of hydrogen-bond acceptors (Lipinski definition) is 4. The van der Waals surface area contributed by atoms with Crippen LogP contribution in [-0.4, -0.2) is 24.1 Å². The number of rotatable bonds is 4. The molecule has 1 heterocycles. The fourth-order valence-corrected chi connectivity index (χ4v) is 2.44. The number of halogens is 3. The van der Waals surface area contributed by atoms with Crippen LogP contribution in [0.4, 0.5) is 10.1 Å². The molecule has 0 saturated carbocycles. The summed E-state index contributed by atoms with van der Waals surface area (Å²) in [5.74, 6) is -0.366. The molecule has 1 aliphatic heterocycles. The van der Waals surface area contributed by atoms with E-state index in [0.717, 1.165) is 18.4 Å². The van der Waals surface area contributed by atoms with Gasteiger partial charge in [-0.3, -0.25) is 0 Å². The SMILES string of the molecule is C=C1/C=C\C(F)=C(\Cl)CCN1.CCCC=O.CNc1ccc(S(=O)Cl)cc1. The van der Waals surface area contributed by atoms with Crippen molar-refractivity contribution in [1.82, 2.24) is 5.32 Å². The van der Waals surface area contributed by atoms with Crippen LogP contribution in [0.15, 0.2) is 64.4 Å². The summed E-state index contributed by atoms with van der Waals surface area (Å²) in [5.41, 5.74) is 1.69. The molecular formula is C19H25Cl2FN2O2S. The fourth-order valence-electron chi connectivity index (χ4n) is 1.62. The molecule has 0 aliphatic carbocycles. The Balaban J connectivity index is 0.000000405. The maximum Gasteiger partial charge on any atom is 0.147 e. The molecule has 2 rings (SSSR count). The largest absolute Gasteiger partial charge is 0.388 e. The lowest BCUT2D eigenvalue weighted by molar-refractivity contribution is -0.107. The van der Waals surface area contributed by atoms with Crippen LogP contribution in [0.3, 0.4) is 0 Å². The van der Waals surface area contributed by atoms with E-state index in [1.165, 1.54) is 6.08 Å². The Kier molecular flexibility index (Phi) is 14.5. The smallest absolute Gasteiger partial charge is 0.147 e. The number of carbonyl (C=O) groups is 1.